The SMILES string of the molecule is O=C(Nc1nc2c(Cl)nccc2[nH]1)C1CC1c1ccccc1. The van der Waals surface area contributed by atoms with Gasteiger partial charge in [-0.15, -0.1) is 0 Å². The van der Waals surface area contributed by atoms with Crippen molar-refractivity contribution < 1.29 is 4.79 Å². The van der Waals surface area contributed by atoms with Crippen molar-refractivity contribution in [1.82, 2.24) is 15.0 Å². The third kappa shape index (κ3) is 2.33. The van der Waals surface area contributed by atoms with Gasteiger partial charge in [0.15, 0.2) is 5.15 Å². The highest BCUT2D eigenvalue weighted by Crippen LogP contribution is 2.47. The number of H-pyrrole nitrogens is 1. The van der Waals surface area contributed by atoms with Crippen LogP contribution in [0.1, 0.15) is 17.9 Å². The van der Waals surface area contributed by atoms with Crippen molar-refractivity contribution in [3.8, 4) is 0 Å². The molecule has 1 aliphatic rings. The Morgan fingerprint density at radius 3 is 2.86 bits per heavy atom. The average Bonchev–Trinajstić information content (AvgIpc) is 3.23. The topological polar surface area (TPSA) is 70.7 Å². The lowest BCUT2D eigenvalue weighted by atomic mass is 10.1. The maximum atomic E-state index is 12.3. The average molecular weight is 313 g/mol. The maximum absolute atomic E-state index is 12.3. The van der Waals surface area contributed by atoms with Gasteiger partial charge in [0.2, 0.25) is 11.9 Å². The van der Waals surface area contributed by atoms with Crippen LogP contribution in [0.5, 0.6) is 0 Å². The van der Waals surface area contributed by atoms with Crippen LogP contribution in [-0.4, -0.2) is 20.9 Å². The van der Waals surface area contributed by atoms with Gasteiger partial charge in [-0.2, -0.15) is 0 Å². The van der Waals surface area contributed by atoms with E-state index in [1.54, 1.807) is 12.3 Å². The summed E-state index contributed by atoms with van der Waals surface area (Å²) in [4.78, 5) is 23.6. The van der Waals surface area contributed by atoms with E-state index in [0.717, 1.165) is 11.9 Å². The number of hydrogen-bond donors (Lipinski definition) is 2. The minimum atomic E-state index is -0.0167. The molecule has 0 aliphatic heterocycles. The van der Waals surface area contributed by atoms with Crippen LogP contribution in [0.3, 0.4) is 0 Å². The van der Waals surface area contributed by atoms with Gasteiger partial charge in [-0.25, -0.2) is 9.97 Å². The highest BCUT2D eigenvalue weighted by Gasteiger charge is 2.44. The molecular weight excluding hydrogens is 300 g/mol. The Balaban J connectivity index is 1.49. The Bertz CT molecular complexity index is 846. The largest absolute Gasteiger partial charge is 0.324 e. The fourth-order valence-corrected chi connectivity index (χ4v) is 2.93. The Kier molecular flexibility index (Phi) is 3.08. The van der Waals surface area contributed by atoms with E-state index in [1.165, 1.54) is 5.56 Å². The molecule has 2 unspecified atom stereocenters. The number of fused-ring (bicyclic) bond motifs is 1. The minimum absolute atomic E-state index is 0.00390. The lowest BCUT2D eigenvalue weighted by molar-refractivity contribution is -0.117. The molecule has 4 rings (SSSR count). The number of benzene rings is 1. The van der Waals surface area contributed by atoms with Gasteiger partial charge in [-0.1, -0.05) is 41.9 Å². The number of amides is 1. The summed E-state index contributed by atoms with van der Waals surface area (Å²) >= 11 is 5.98. The fraction of sp³-hybridized carbons (Fsp3) is 0.188. The van der Waals surface area contributed by atoms with E-state index in [2.05, 4.69) is 32.4 Å². The summed E-state index contributed by atoms with van der Waals surface area (Å²) < 4.78 is 0. The van der Waals surface area contributed by atoms with E-state index in [9.17, 15) is 4.79 Å². The molecule has 2 heterocycles. The molecule has 2 N–H and O–H groups in total. The molecule has 1 aromatic carbocycles. The number of imidazole rings is 1. The van der Waals surface area contributed by atoms with Crippen molar-refractivity contribution >= 4 is 34.5 Å². The van der Waals surface area contributed by atoms with E-state index in [-0.39, 0.29) is 11.8 Å². The highest BCUT2D eigenvalue weighted by molar-refractivity contribution is 6.33. The maximum Gasteiger partial charge on any atom is 0.230 e. The van der Waals surface area contributed by atoms with E-state index in [0.29, 0.717) is 22.5 Å². The number of aromatic nitrogens is 3. The number of pyridine rings is 1. The lowest BCUT2D eigenvalue weighted by Gasteiger charge is -2.01. The summed E-state index contributed by atoms with van der Waals surface area (Å²) in [6, 6.07) is 11.9. The first-order chi connectivity index (χ1) is 10.7. The van der Waals surface area contributed by atoms with Crippen LogP contribution in [0.25, 0.3) is 11.0 Å². The number of rotatable bonds is 3. The Labute approximate surface area is 131 Å². The molecular formula is C16H13ClN4O. The molecule has 22 heavy (non-hydrogen) atoms. The second-order valence-corrected chi connectivity index (χ2v) is 5.79. The van der Waals surface area contributed by atoms with Crippen LogP contribution in [0, 0.1) is 5.92 Å². The second-order valence-electron chi connectivity index (χ2n) is 5.43. The number of nitrogens with zero attached hydrogens (tertiary/aromatic N) is 2. The second kappa shape index (κ2) is 5.10. The third-order valence-corrected chi connectivity index (χ3v) is 4.23. The molecule has 1 saturated carbocycles. The van der Waals surface area contributed by atoms with Gasteiger partial charge in [0.05, 0.1) is 5.52 Å². The van der Waals surface area contributed by atoms with E-state index < -0.39 is 0 Å². The fourth-order valence-electron chi connectivity index (χ4n) is 2.72. The molecule has 6 heteroatoms. The number of hydrogen-bond acceptors (Lipinski definition) is 3. The van der Waals surface area contributed by atoms with E-state index >= 15 is 0 Å². The van der Waals surface area contributed by atoms with Crippen molar-refractivity contribution in [2.45, 2.75) is 12.3 Å². The van der Waals surface area contributed by atoms with Crippen LogP contribution < -0.4 is 5.32 Å². The molecule has 1 amide bonds. The first kappa shape index (κ1) is 13.3. The van der Waals surface area contributed by atoms with Crippen molar-refractivity contribution in [3.05, 3.63) is 53.3 Å². The predicted molar refractivity (Wildman–Crippen MR) is 84.8 cm³/mol. The number of aromatic amines is 1. The Hall–Kier alpha value is -2.40. The monoisotopic (exact) mass is 312 g/mol. The zero-order valence-corrected chi connectivity index (χ0v) is 12.3. The third-order valence-electron chi connectivity index (χ3n) is 3.95. The zero-order chi connectivity index (χ0) is 15.1. The van der Waals surface area contributed by atoms with Gasteiger partial charge < -0.3 is 4.98 Å². The molecule has 2 atom stereocenters. The number of nitrogens with one attached hydrogen (secondary N) is 2. The van der Waals surface area contributed by atoms with Gasteiger partial charge >= 0.3 is 0 Å². The van der Waals surface area contributed by atoms with Crippen molar-refractivity contribution in [2.75, 3.05) is 5.32 Å². The summed E-state index contributed by atoms with van der Waals surface area (Å²) in [5.74, 6) is 0.700. The molecule has 2 aromatic heterocycles. The molecule has 0 spiro atoms. The molecule has 3 aromatic rings. The van der Waals surface area contributed by atoms with Gasteiger partial charge in [0.25, 0.3) is 0 Å². The molecule has 0 bridgehead atoms. The summed E-state index contributed by atoms with van der Waals surface area (Å²) in [7, 11) is 0. The molecule has 0 radical (unpaired) electrons. The Morgan fingerprint density at radius 1 is 1.27 bits per heavy atom. The molecule has 110 valence electrons. The molecule has 0 saturated heterocycles. The lowest BCUT2D eigenvalue weighted by Crippen LogP contribution is -2.15. The zero-order valence-electron chi connectivity index (χ0n) is 11.6. The number of carbonyl (C=O) groups is 1. The van der Waals surface area contributed by atoms with Crippen LogP contribution in [0.2, 0.25) is 5.15 Å². The van der Waals surface area contributed by atoms with Gasteiger partial charge in [-0.3, -0.25) is 10.1 Å². The van der Waals surface area contributed by atoms with Crippen molar-refractivity contribution in [2.24, 2.45) is 5.92 Å². The van der Waals surface area contributed by atoms with Crippen LogP contribution in [-0.2, 0) is 4.79 Å². The van der Waals surface area contributed by atoms with Crippen LogP contribution in [0.4, 0.5) is 5.95 Å². The summed E-state index contributed by atoms with van der Waals surface area (Å²) in [5.41, 5.74) is 2.53. The smallest absolute Gasteiger partial charge is 0.230 e. The summed E-state index contributed by atoms with van der Waals surface area (Å²) in [5, 5.41) is 3.15. The first-order valence-electron chi connectivity index (χ1n) is 7.08. The normalized spacial score (nSPS) is 20.0. The van der Waals surface area contributed by atoms with Crippen molar-refractivity contribution in [1.29, 1.82) is 0 Å². The van der Waals surface area contributed by atoms with Crippen LogP contribution in [0.15, 0.2) is 42.6 Å². The summed E-state index contributed by atoms with van der Waals surface area (Å²) in [6.45, 7) is 0. The van der Waals surface area contributed by atoms with Crippen LogP contribution >= 0.6 is 11.6 Å². The summed E-state index contributed by atoms with van der Waals surface area (Å²) in [6.07, 6.45) is 2.47. The van der Waals surface area contributed by atoms with Gasteiger partial charge in [0.1, 0.15) is 5.52 Å². The van der Waals surface area contributed by atoms with E-state index in [1.807, 2.05) is 18.2 Å². The van der Waals surface area contributed by atoms with Crippen molar-refractivity contribution in [3.63, 3.8) is 0 Å². The van der Waals surface area contributed by atoms with Gasteiger partial charge in [-0.05, 0) is 24.0 Å². The predicted octanol–water partition coefficient (Wildman–Crippen LogP) is 3.35. The first-order valence-corrected chi connectivity index (χ1v) is 7.46. The number of carbonyl (C=O) groups excluding carboxylic acids is 1. The Morgan fingerprint density at radius 2 is 2.09 bits per heavy atom. The molecule has 1 aliphatic carbocycles. The number of halogens is 1. The van der Waals surface area contributed by atoms with E-state index in [4.69, 9.17) is 11.6 Å². The standard InChI is InChI=1S/C16H13ClN4O/c17-14-13-12(6-7-18-14)19-16(20-13)21-15(22)11-8-10(11)9-4-2-1-3-5-9/h1-7,10-11H,8H2,(H2,19,20,21,22). The van der Waals surface area contributed by atoms with Gasteiger partial charge in [0, 0.05) is 12.1 Å². The number of anilines is 1. The molecule has 1 fully saturated rings. The quantitative estimate of drug-likeness (QED) is 0.729. The minimum Gasteiger partial charge on any atom is -0.324 e. The highest BCUT2D eigenvalue weighted by atomic mass is 35.5. The molecule has 5 nitrogen and oxygen atoms in total.